The number of rotatable bonds is 1. The summed E-state index contributed by atoms with van der Waals surface area (Å²) >= 11 is 0. The number of piperazine rings is 1. The van der Waals surface area contributed by atoms with Crippen molar-refractivity contribution in [2.75, 3.05) is 19.6 Å². The Bertz CT molecular complexity index is 582. The van der Waals surface area contributed by atoms with Crippen LogP contribution in [0.15, 0.2) is 24.3 Å². The third kappa shape index (κ3) is 2.68. The highest BCUT2D eigenvalue weighted by Crippen LogP contribution is 2.37. The predicted octanol–water partition coefficient (Wildman–Crippen LogP) is 2.33. The molecule has 23 heavy (non-hydrogen) atoms. The van der Waals surface area contributed by atoms with Gasteiger partial charge in [-0.2, -0.15) is 0 Å². The highest BCUT2D eigenvalue weighted by molar-refractivity contribution is 5.79. The van der Waals surface area contributed by atoms with Gasteiger partial charge in [0.15, 0.2) is 0 Å². The van der Waals surface area contributed by atoms with E-state index in [9.17, 15) is 9.90 Å². The van der Waals surface area contributed by atoms with Gasteiger partial charge < -0.3 is 10.0 Å². The van der Waals surface area contributed by atoms with Gasteiger partial charge in [0, 0.05) is 25.6 Å². The van der Waals surface area contributed by atoms with Crippen LogP contribution >= 0.6 is 0 Å². The van der Waals surface area contributed by atoms with Gasteiger partial charge in [-0.3, -0.25) is 9.69 Å². The van der Waals surface area contributed by atoms with Crippen LogP contribution in [0.2, 0.25) is 0 Å². The molecule has 2 unspecified atom stereocenters. The number of hydrogen-bond donors (Lipinski definition) is 1. The molecule has 1 N–H and O–H groups in total. The number of carbonyl (C=O) groups excluding carboxylic acids is 1. The van der Waals surface area contributed by atoms with Crippen LogP contribution in [0.3, 0.4) is 0 Å². The van der Waals surface area contributed by atoms with Gasteiger partial charge in [0.25, 0.3) is 0 Å². The lowest BCUT2D eigenvalue weighted by molar-refractivity contribution is -0.161. The molecule has 3 aliphatic rings. The van der Waals surface area contributed by atoms with Gasteiger partial charge in [-0.25, -0.2) is 0 Å². The second-order valence-electron chi connectivity index (χ2n) is 7.21. The maximum Gasteiger partial charge on any atom is 0.227 e. The van der Waals surface area contributed by atoms with E-state index < -0.39 is 6.23 Å². The molecule has 1 aromatic rings. The fraction of sp³-hybridized carbons (Fsp3) is 0.632. The molecular formula is C19H26N2O2. The summed E-state index contributed by atoms with van der Waals surface area (Å²) in [5.74, 6) is 0.309. The average molecular weight is 314 g/mol. The molecule has 2 aliphatic heterocycles. The number of nitrogens with zero attached hydrogens (tertiary/aromatic N) is 2. The smallest absolute Gasteiger partial charge is 0.227 e. The van der Waals surface area contributed by atoms with Crippen LogP contribution in [0.5, 0.6) is 0 Å². The van der Waals surface area contributed by atoms with Crippen LogP contribution in [0.4, 0.5) is 0 Å². The summed E-state index contributed by atoms with van der Waals surface area (Å²) in [5.41, 5.74) is 2.52. The first-order valence-electron chi connectivity index (χ1n) is 9.06. The minimum atomic E-state index is -0.709. The van der Waals surface area contributed by atoms with Gasteiger partial charge in [0.1, 0.15) is 6.23 Å². The van der Waals surface area contributed by atoms with Gasteiger partial charge in [-0.1, -0.05) is 43.5 Å². The molecular weight excluding hydrogens is 288 g/mol. The summed E-state index contributed by atoms with van der Waals surface area (Å²) in [6, 6.07) is 8.32. The molecule has 0 aromatic heterocycles. The molecule has 2 atom stereocenters. The zero-order valence-electron chi connectivity index (χ0n) is 13.7. The maximum atomic E-state index is 12.9. The molecule has 1 aliphatic carbocycles. The number of amides is 1. The minimum Gasteiger partial charge on any atom is -0.371 e. The highest BCUT2D eigenvalue weighted by atomic mass is 16.3. The summed E-state index contributed by atoms with van der Waals surface area (Å²) in [4.78, 5) is 17.0. The number of hydrogen-bond acceptors (Lipinski definition) is 3. The van der Waals surface area contributed by atoms with Gasteiger partial charge in [0.2, 0.25) is 5.91 Å². The predicted molar refractivity (Wildman–Crippen MR) is 88.8 cm³/mol. The van der Waals surface area contributed by atoms with Crippen LogP contribution in [0.1, 0.15) is 49.3 Å². The van der Waals surface area contributed by atoms with Crippen LogP contribution in [0, 0.1) is 5.92 Å². The molecule has 2 heterocycles. The molecule has 0 radical (unpaired) electrons. The topological polar surface area (TPSA) is 43.8 Å². The van der Waals surface area contributed by atoms with Gasteiger partial charge >= 0.3 is 0 Å². The summed E-state index contributed by atoms with van der Waals surface area (Å²) in [5, 5.41) is 11.0. The van der Waals surface area contributed by atoms with E-state index in [1.807, 2.05) is 6.07 Å². The zero-order chi connectivity index (χ0) is 15.8. The fourth-order valence-corrected chi connectivity index (χ4v) is 4.61. The Morgan fingerprint density at radius 2 is 1.83 bits per heavy atom. The second-order valence-corrected chi connectivity index (χ2v) is 7.21. The number of aliphatic hydroxyl groups is 1. The van der Waals surface area contributed by atoms with E-state index in [0.717, 1.165) is 45.2 Å². The average Bonchev–Trinajstić information content (AvgIpc) is 2.62. The van der Waals surface area contributed by atoms with Crippen LogP contribution in [-0.2, 0) is 11.2 Å². The van der Waals surface area contributed by atoms with Crippen molar-refractivity contribution in [3.63, 3.8) is 0 Å². The van der Waals surface area contributed by atoms with Crippen molar-refractivity contribution in [2.24, 2.45) is 5.92 Å². The van der Waals surface area contributed by atoms with E-state index in [-0.39, 0.29) is 17.9 Å². The summed E-state index contributed by atoms with van der Waals surface area (Å²) in [6.07, 6.45) is 5.86. The third-order valence-corrected chi connectivity index (χ3v) is 5.90. The summed E-state index contributed by atoms with van der Waals surface area (Å²) in [7, 11) is 0. The Labute approximate surface area is 138 Å². The van der Waals surface area contributed by atoms with E-state index in [1.54, 1.807) is 4.90 Å². The van der Waals surface area contributed by atoms with Crippen LogP contribution in [0.25, 0.3) is 0 Å². The molecule has 2 fully saturated rings. The molecule has 0 bridgehead atoms. The normalized spacial score (nSPS) is 29.0. The second kappa shape index (κ2) is 6.25. The third-order valence-electron chi connectivity index (χ3n) is 5.90. The molecule has 4 rings (SSSR count). The SMILES string of the molecule is O=C(C1CCCCC1)N1CCN2CCc3ccccc3C2C1O. The fourth-order valence-electron chi connectivity index (χ4n) is 4.61. The lowest BCUT2D eigenvalue weighted by atomic mass is 9.86. The summed E-state index contributed by atoms with van der Waals surface area (Å²) < 4.78 is 0. The van der Waals surface area contributed by atoms with Gasteiger partial charge in [0.05, 0.1) is 6.04 Å². The zero-order valence-corrected chi connectivity index (χ0v) is 13.7. The molecule has 1 aromatic carbocycles. The molecule has 4 heteroatoms. The molecule has 1 saturated heterocycles. The number of carbonyl (C=O) groups is 1. The van der Waals surface area contributed by atoms with Crippen molar-refractivity contribution in [2.45, 2.75) is 50.8 Å². The van der Waals surface area contributed by atoms with Crippen molar-refractivity contribution in [3.05, 3.63) is 35.4 Å². The number of aliphatic hydroxyl groups excluding tert-OH is 1. The Morgan fingerprint density at radius 3 is 2.65 bits per heavy atom. The van der Waals surface area contributed by atoms with Crippen molar-refractivity contribution < 1.29 is 9.90 Å². The molecule has 1 amide bonds. The van der Waals surface area contributed by atoms with Crippen LogP contribution in [-0.4, -0.2) is 46.7 Å². The van der Waals surface area contributed by atoms with Crippen molar-refractivity contribution in [1.29, 1.82) is 0 Å². The lowest BCUT2D eigenvalue weighted by Crippen LogP contribution is -2.59. The van der Waals surface area contributed by atoms with E-state index in [0.29, 0.717) is 6.54 Å². The van der Waals surface area contributed by atoms with Crippen molar-refractivity contribution in [1.82, 2.24) is 9.80 Å². The highest BCUT2D eigenvalue weighted by Gasteiger charge is 2.42. The molecule has 1 saturated carbocycles. The van der Waals surface area contributed by atoms with E-state index >= 15 is 0 Å². The first-order valence-corrected chi connectivity index (χ1v) is 9.06. The molecule has 0 spiro atoms. The standard InChI is InChI=1S/C19H26N2O2/c22-18(15-7-2-1-3-8-15)21-13-12-20-11-10-14-6-4-5-9-16(14)17(20)19(21)23/h4-6,9,15,17,19,23H,1-3,7-8,10-13H2. The molecule has 124 valence electrons. The van der Waals surface area contributed by atoms with Crippen molar-refractivity contribution in [3.8, 4) is 0 Å². The van der Waals surface area contributed by atoms with E-state index in [1.165, 1.54) is 17.5 Å². The number of benzene rings is 1. The van der Waals surface area contributed by atoms with E-state index in [2.05, 4.69) is 23.1 Å². The Balaban J connectivity index is 1.58. The minimum absolute atomic E-state index is 0.0544. The Kier molecular flexibility index (Phi) is 4.12. The van der Waals surface area contributed by atoms with Crippen molar-refractivity contribution >= 4 is 5.91 Å². The maximum absolute atomic E-state index is 12.9. The monoisotopic (exact) mass is 314 g/mol. The van der Waals surface area contributed by atoms with Gasteiger partial charge in [-0.15, -0.1) is 0 Å². The number of fused-ring (bicyclic) bond motifs is 3. The Morgan fingerprint density at radius 1 is 1.04 bits per heavy atom. The van der Waals surface area contributed by atoms with Crippen LogP contribution < -0.4 is 0 Å². The van der Waals surface area contributed by atoms with E-state index in [4.69, 9.17) is 0 Å². The summed E-state index contributed by atoms with van der Waals surface area (Å²) in [6.45, 7) is 2.51. The largest absolute Gasteiger partial charge is 0.371 e. The first kappa shape index (κ1) is 15.2. The van der Waals surface area contributed by atoms with Gasteiger partial charge in [-0.05, 0) is 30.4 Å². The quantitative estimate of drug-likeness (QED) is 0.865. The first-order chi connectivity index (χ1) is 11.3. The molecule has 4 nitrogen and oxygen atoms in total. The Hall–Kier alpha value is -1.39. The lowest BCUT2D eigenvalue weighted by Gasteiger charge is -2.48.